The topological polar surface area (TPSA) is 75.4 Å². The molecule has 1 aromatic rings. The number of likely N-dealkylation sites (tertiary alicyclic amines) is 1. The second-order valence-electron chi connectivity index (χ2n) is 7.57. The van der Waals surface area contributed by atoms with E-state index in [-0.39, 0.29) is 30.3 Å². The summed E-state index contributed by atoms with van der Waals surface area (Å²) in [5, 5.41) is 3.12. The van der Waals surface area contributed by atoms with Crippen LogP contribution < -0.4 is 11.1 Å². The zero-order valence-electron chi connectivity index (χ0n) is 15.5. The smallest absolute Gasteiger partial charge is 0.251 e. The number of nitrogens with zero attached hydrogens (tertiary/aromatic N) is 1. The number of piperidine rings is 1. The van der Waals surface area contributed by atoms with E-state index in [0.717, 1.165) is 49.7 Å². The first-order valence-corrected chi connectivity index (χ1v) is 9.44. The zero-order chi connectivity index (χ0) is 17.9. The molecule has 0 atom stereocenters. The van der Waals surface area contributed by atoms with Crippen LogP contribution in [0.2, 0.25) is 0 Å². The molecule has 3 N–H and O–H groups in total. The van der Waals surface area contributed by atoms with Crippen molar-refractivity contribution in [3.63, 3.8) is 0 Å². The molecule has 3 rings (SSSR count). The van der Waals surface area contributed by atoms with Gasteiger partial charge in [0.1, 0.15) is 0 Å². The molecule has 0 radical (unpaired) electrons. The summed E-state index contributed by atoms with van der Waals surface area (Å²) in [7, 11) is 0. The normalized spacial score (nSPS) is 20.2. The zero-order valence-corrected chi connectivity index (χ0v) is 16.3. The van der Waals surface area contributed by atoms with Gasteiger partial charge in [-0.05, 0) is 44.2 Å². The third-order valence-corrected chi connectivity index (χ3v) is 5.68. The Balaban J connectivity index is 0.00000243. The summed E-state index contributed by atoms with van der Waals surface area (Å²) in [6.45, 7) is 3.30. The molecule has 1 saturated carbocycles. The van der Waals surface area contributed by atoms with Crippen molar-refractivity contribution in [2.45, 2.75) is 63.5 Å². The number of hydrogen-bond donors (Lipinski definition) is 2. The Bertz CT molecular complexity index is 636. The molecule has 144 valence electrons. The molecule has 1 heterocycles. The van der Waals surface area contributed by atoms with Crippen LogP contribution in [-0.2, 0) is 4.79 Å². The molecule has 5 nitrogen and oxygen atoms in total. The number of carbonyl (C=O) groups is 2. The van der Waals surface area contributed by atoms with Crippen molar-refractivity contribution >= 4 is 24.2 Å². The Hall–Kier alpha value is -1.59. The van der Waals surface area contributed by atoms with Crippen LogP contribution in [0.3, 0.4) is 0 Å². The fraction of sp³-hybridized carbons (Fsp3) is 0.600. The molecule has 0 bridgehead atoms. The third-order valence-electron chi connectivity index (χ3n) is 5.68. The Labute approximate surface area is 162 Å². The van der Waals surface area contributed by atoms with Crippen molar-refractivity contribution in [1.82, 2.24) is 10.2 Å². The number of halogens is 1. The number of rotatable bonds is 3. The van der Waals surface area contributed by atoms with Crippen molar-refractivity contribution in [2.24, 2.45) is 5.73 Å². The Kier molecular flexibility index (Phi) is 7.07. The minimum atomic E-state index is -0.657. The van der Waals surface area contributed by atoms with Gasteiger partial charge in [0.2, 0.25) is 5.91 Å². The summed E-state index contributed by atoms with van der Waals surface area (Å²) in [5.74, 6) is 0.0846. The predicted octanol–water partition coefficient (Wildman–Crippen LogP) is 2.80. The molecule has 2 fully saturated rings. The second-order valence-corrected chi connectivity index (χ2v) is 7.57. The van der Waals surface area contributed by atoms with Crippen LogP contribution in [0.4, 0.5) is 0 Å². The number of benzene rings is 1. The molecule has 26 heavy (non-hydrogen) atoms. The summed E-state index contributed by atoms with van der Waals surface area (Å²) >= 11 is 0. The van der Waals surface area contributed by atoms with Crippen molar-refractivity contribution in [2.75, 3.05) is 13.1 Å². The quantitative estimate of drug-likeness (QED) is 0.847. The molecule has 1 aromatic carbocycles. The van der Waals surface area contributed by atoms with Crippen molar-refractivity contribution in [3.8, 4) is 0 Å². The van der Waals surface area contributed by atoms with Crippen LogP contribution in [0.15, 0.2) is 24.3 Å². The molecule has 1 aliphatic carbocycles. The molecule has 0 unspecified atom stereocenters. The highest BCUT2D eigenvalue weighted by Gasteiger charge is 2.39. The van der Waals surface area contributed by atoms with Gasteiger partial charge >= 0.3 is 0 Å². The van der Waals surface area contributed by atoms with E-state index in [9.17, 15) is 9.59 Å². The summed E-state index contributed by atoms with van der Waals surface area (Å²) in [4.78, 5) is 27.1. The third kappa shape index (κ3) is 4.57. The van der Waals surface area contributed by atoms with E-state index in [4.69, 9.17) is 5.73 Å². The highest BCUT2D eigenvalue weighted by atomic mass is 35.5. The van der Waals surface area contributed by atoms with Gasteiger partial charge in [0.25, 0.3) is 5.91 Å². The predicted molar refractivity (Wildman–Crippen MR) is 105 cm³/mol. The molecule has 1 aliphatic heterocycles. The summed E-state index contributed by atoms with van der Waals surface area (Å²) in [6, 6.07) is 7.74. The minimum Gasteiger partial charge on any atom is -0.349 e. The van der Waals surface area contributed by atoms with Crippen molar-refractivity contribution < 1.29 is 9.59 Å². The summed E-state index contributed by atoms with van der Waals surface area (Å²) < 4.78 is 0. The first-order chi connectivity index (χ1) is 12.0. The first-order valence-electron chi connectivity index (χ1n) is 9.44. The largest absolute Gasteiger partial charge is 0.349 e. The van der Waals surface area contributed by atoms with Crippen LogP contribution in [0.25, 0.3) is 0 Å². The fourth-order valence-electron chi connectivity index (χ4n) is 4.03. The molecular formula is C20H30ClN3O2. The van der Waals surface area contributed by atoms with E-state index in [2.05, 4.69) is 5.32 Å². The molecule has 0 spiro atoms. The maximum absolute atomic E-state index is 12.8. The highest BCUT2D eigenvalue weighted by Crippen LogP contribution is 2.28. The summed E-state index contributed by atoms with van der Waals surface area (Å²) in [5.41, 5.74) is 7.43. The van der Waals surface area contributed by atoms with E-state index in [1.807, 2.05) is 36.1 Å². The van der Waals surface area contributed by atoms with E-state index >= 15 is 0 Å². The van der Waals surface area contributed by atoms with Gasteiger partial charge in [-0.3, -0.25) is 9.59 Å². The van der Waals surface area contributed by atoms with Gasteiger partial charge in [-0.2, -0.15) is 0 Å². The Morgan fingerprint density at radius 2 is 1.73 bits per heavy atom. The lowest BCUT2D eigenvalue weighted by atomic mass is 9.81. The fourth-order valence-corrected chi connectivity index (χ4v) is 4.03. The van der Waals surface area contributed by atoms with Gasteiger partial charge in [0, 0.05) is 24.7 Å². The van der Waals surface area contributed by atoms with Crippen LogP contribution in [0, 0.1) is 6.92 Å². The lowest BCUT2D eigenvalue weighted by Crippen LogP contribution is -2.58. The number of nitrogens with one attached hydrogen (secondary N) is 1. The second kappa shape index (κ2) is 8.87. The van der Waals surface area contributed by atoms with E-state index in [1.165, 1.54) is 6.42 Å². The average Bonchev–Trinajstić information content (AvgIpc) is 2.62. The molecule has 6 heteroatoms. The van der Waals surface area contributed by atoms with Crippen molar-refractivity contribution in [1.29, 1.82) is 0 Å². The van der Waals surface area contributed by atoms with Gasteiger partial charge in [0.05, 0.1) is 5.54 Å². The maximum atomic E-state index is 12.8. The molecule has 2 amide bonds. The minimum absolute atomic E-state index is 0. The van der Waals surface area contributed by atoms with E-state index in [0.29, 0.717) is 13.1 Å². The van der Waals surface area contributed by atoms with Gasteiger partial charge in [-0.25, -0.2) is 0 Å². The van der Waals surface area contributed by atoms with Crippen LogP contribution in [0.5, 0.6) is 0 Å². The lowest BCUT2D eigenvalue weighted by molar-refractivity contribution is -0.139. The van der Waals surface area contributed by atoms with Gasteiger partial charge in [-0.1, -0.05) is 37.5 Å². The number of amides is 2. The number of carbonyl (C=O) groups excluding carboxylic acids is 2. The van der Waals surface area contributed by atoms with Crippen LogP contribution >= 0.6 is 12.4 Å². The van der Waals surface area contributed by atoms with Crippen LogP contribution in [0.1, 0.15) is 60.9 Å². The standard InChI is InChI=1S/C20H29N3O2.ClH/c1-15-7-3-4-8-17(15)18(24)22-16-9-13-23(14-10-16)19(25)20(21)11-5-2-6-12-20;/h3-4,7-8,16H,2,5-6,9-14,21H2,1H3,(H,22,24);1H. The highest BCUT2D eigenvalue weighted by molar-refractivity contribution is 5.95. The molecule has 1 saturated heterocycles. The SMILES string of the molecule is Cc1ccccc1C(=O)NC1CCN(C(=O)C2(N)CCCCC2)CC1.Cl. The molecular weight excluding hydrogens is 350 g/mol. The Morgan fingerprint density at radius 1 is 1.12 bits per heavy atom. The van der Waals surface area contributed by atoms with Gasteiger partial charge < -0.3 is 16.0 Å². The number of aryl methyl sites for hydroxylation is 1. The monoisotopic (exact) mass is 379 g/mol. The summed E-state index contributed by atoms with van der Waals surface area (Å²) in [6.07, 6.45) is 6.46. The molecule has 2 aliphatic rings. The first kappa shape index (κ1) is 20.7. The average molecular weight is 380 g/mol. The van der Waals surface area contributed by atoms with Gasteiger partial charge in [0.15, 0.2) is 0 Å². The lowest BCUT2D eigenvalue weighted by Gasteiger charge is -2.40. The molecule has 0 aromatic heterocycles. The number of nitrogens with two attached hydrogens (primary N) is 1. The van der Waals surface area contributed by atoms with E-state index in [1.54, 1.807) is 0 Å². The van der Waals surface area contributed by atoms with Crippen LogP contribution in [-0.4, -0.2) is 41.4 Å². The number of hydrogen-bond acceptors (Lipinski definition) is 3. The maximum Gasteiger partial charge on any atom is 0.251 e. The van der Waals surface area contributed by atoms with Crippen molar-refractivity contribution in [3.05, 3.63) is 35.4 Å². The van der Waals surface area contributed by atoms with Gasteiger partial charge in [-0.15, -0.1) is 12.4 Å². The Morgan fingerprint density at radius 3 is 2.35 bits per heavy atom. The van der Waals surface area contributed by atoms with E-state index < -0.39 is 5.54 Å².